The van der Waals surface area contributed by atoms with Crippen LogP contribution in [0.25, 0.3) is 0 Å². The SMILES string of the molecule is NC1=N[C@H](Cc2cscn2)CS1. The molecular weight excluding hydrogens is 190 g/mol. The molecule has 0 amide bonds. The average Bonchev–Trinajstić information content (AvgIpc) is 2.63. The van der Waals surface area contributed by atoms with E-state index in [9.17, 15) is 0 Å². The van der Waals surface area contributed by atoms with Crippen molar-refractivity contribution in [2.75, 3.05) is 5.75 Å². The van der Waals surface area contributed by atoms with Gasteiger partial charge < -0.3 is 5.73 Å². The number of nitrogens with zero attached hydrogens (tertiary/aromatic N) is 2. The Kier molecular flexibility index (Phi) is 2.32. The maximum absolute atomic E-state index is 5.55. The molecule has 1 aromatic heterocycles. The van der Waals surface area contributed by atoms with Crippen LogP contribution in [0.5, 0.6) is 0 Å². The van der Waals surface area contributed by atoms with Gasteiger partial charge in [-0.3, -0.25) is 4.99 Å². The van der Waals surface area contributed by atoms with Crippen LogP contribution < -0.4 is 5.73 Å². The summed E-state index contributed by atoms with van der Waals surface area (Å²) in [5.74, 6) is 1.00. The first-order chi connectivity index (χ1) is 5.84. The minimum absolute atomic E-state index is 0.345. The molecule has 2 N–H and O–H groups in total. The number of amidine groups is 1. The van der Waals surface area contributed by atoms with Crippen molar-refractivity contribution in [2.24, 2.45) is 10.7 Å². The lowest BCUT2D eigenvalue weighted by atomic mass is 10.2. The van der Waals surface area contributed by atoms with Crippen molar-refractivity contribution < 1.29 is 0 Å². The normalized spacial score (nSPS) is 22.7. The molecule has 2 rings (SSSR count). The zero-order valence-corrected chi connectivity index (χ0v) is 8.07. The number of thiazole rings is 1. The van der Waals surface area contributed by atoms with Crippen molar-refractivity contribution in [3.8, 4) is 0 Å². The van der Waals surface area contributed by atoms with E-state index >= 15 is 0 Å². The second kappa shape index (κ2) is 3.45. The first-order valence-corrected chi connectivity index (χ1v) is 5.60. The van der Waals surface area contributed by atoms with Crippen molar-refractivity contribution in [3.63, 3.8) is 0 Å². The van der Waals surface area contributed by atoms with Gasteiger partial charge in [0.15, 0.2) is 5.17 Å². The maximum Gasteiger partial charge on any atom is 0.154 e. The highest BCUT2D eigenvalue weighted by molar-refractivity contribution is 8.14. The van der Waals surface area contributed by atoms with Gasteiger partial charge in [0.05, 0.1) is 17.2 Å². The van der Waals surface area contributed by atoms with E-state index in [1.54, 1.807) is 23.1 Å². The minimum atomic E-state index is 0.345. The van der Waals surface area contributed by atoms with E-state index < -0.39 is 0 Å². The maximum atomic E-state index is 5.55. The largest absolute Gasteiger partial charge is 0.379 e. The molecule has 0 unspecified atom stereocenters. The van der Waals surface area contributed by atoms with Crippen LogP contribution in [0.2, 0.25) is 0 Å². The molecule has 1 aliphatic heterocycles. The van der Waals surface area contributed by atoms with E-state index in [0.717, 1.165) is 23.0 Å². The molecule has 0 fully saturated rings. The number of aliphatic imine (C=N–C) groups is 1. The zero-order valence-electron chi connectivity index (χ0n) is 6.43. The third kappa shape index (κ3) is 1.78. The first-order valence-electron chi connectivity index (χ1n) is 3.68. The highest BCUT2D eigenvalue weighted by Crippen LogP contribution is 2.18. The second-order valence-corrected chi connectivity index (χ2v) is 4.38. The number of nitrogens with two attached hydrogens (primary N) is 1. The molecule has 0 aromatic carbocycles. The van der Waals surface area contributed by atoms with Crippen LogP contribution in [0.4, 0.5) is 0 Å². The smallest absolute Gasteiger partial charge is 0.154 e. The monoisotopic (exact) mass is 199 g/mol. The van der Waals surface area contributed by atoms with Crippen LogP contribution in [-0.2, 0) is 6.42 Å². The number of thioether (sulfide) groups is 1. The number of aromatic nitrogens is 1. The summed E-state index contributed by atoms with van der Waals surface area (Å²) in [6.45, 7) is 0. The van der Waals surface area contributed by atoms with Gasteiger partial charge in [-0.15, -0.1) is 11.3 Å². The first kappa shape index (κ1) is 8.07. The van der Waals surface area contributed by atoms with E-state index in [4.69, 9.17) is 5.73 Å². The van der Waals surface area contributed by atoms with E-state index in [2.05, 4.69) is 15.4 Å². The van der Waals surface area contributed by atoms with Gasteiger partial charge >= 0.3 is 0 Å². The van der Waals surface area contributed by atoms with E-state index in [1.165, 1.54) is 0 Å². The molecule has 1 aromatic rings. The summed E-state index contributed by atoms with van der Waals surface area (Å²) < 4.78 is 0. The molecule has 0 saturated heterocycles. The fourth-order valence-electron chi connectivity index (χ4n) is 1.12. The lowest BCUT2D eigenvalue weighted by molar-refractivity contribution is 0.748. The standard InChI is InChI=1S/C7H9N3S2/c8-7-10-6(3-12-7)1-5-2-11-4-9-5/h2,4,6H,1,3H2,(H2,8,10)/t6-/m1/s1. The van der Waals surface area contributed by atoms with Crippen LogP contribution >= 0.6 is 23.1 Å². The predicted octanol–water partition coefficient (Wildman–Crippen LogP) is 1.12. The Bertz CT molecular complexity index is 281. The molecule has 0 radical (unpaired) electrons. The summed E-state index contributed by atoms with van der Waals surface area (Å²) in [6, 6.07) is 0.345. The Morgan fingerprint density at radius 3 is 3.17 bits per heavy atom. The summed E-state index contributed by atoms with van der Waals surface area (Å²) in [5, 5.41) is 2.78. The van der Waals surface area contributed by atoms with Crippen molar-refractivity contribution in [2.45, 2.75) is 12.5 Å². The number of hydrogen-bond donors (Lipinski definition) is 1. The van der Waals surface area contributed by atoms with Gasteiger partial charge in [-0.1, -0.05) is 11.8 Å². The summed E-state index contributed by atoms with van der Waals surface area (Å²) >= 11 is 3.26. The minimum Gasteiger partial charge on any atom is -0.379 e. The molecule has 0 saturated carbocycles. The summed E-state index contributed by atoms with van der Waals surface area (Å²) in [5.41, 5.74) is 8.53. The van der Waals surface area contributed by atoms with Crippen LogP contribution in [0, 0.1) is 0 Å². The van der Waals surface area contributed by atoms with Crippen molar-refractivity contribution in [1.29, 1.82) is 0 Å². The molecule has 5 heteroatoms. The fourth-order valence-corrected chi connectivity index (χ4v) is 2.47. The van der Waals surface area contributed by atoms with Crippen LogP contribution in [-0.4, -0.2) is 21.9 Å². The molecule has 0 spiro atoms. The Hall–Kier alpha value is -0.550. The van der Waals surface area contributed by atoms with Gasteiger partial charge in [-0.25, -0.2) is 4.98 Å². The topological polar surface area (TPSA) is 51.3 Å². The van der Waals surface area contributed by atoms with Gasteiger partial charge in [0, 0.05) is 17.6 Å². The molecular formula is C7H9N3S2. The van der Waals surface area contributed by atoms with Gasteiger partial charge in [0.2, 0.25) is 0 Å². The second-order valence-electron chi connectivity index (χ2n) is 2.62. The van der Waals surface area contributed by atoms with Crippen molar-refractivity contribution in [3.05, 3.63) is 16.6 Å². The van der Waals surface area contributed by atoms with Crippen molar-refractivity contribution >= 4 is 28.3 Å². The predicted molar refractivity (Wildman–Crippen MR) is 53.7 cm³/mol. The Morgan fingerprint density at radius 1 is 1.67 bits per heavy atom. The molecule has 1 atom stereocenters. The van der Waals surface area contributed by atoms with Gasteiger partial charge in [-0.05, 0) is 0 Å². The lowest BCUT2D eigenvalue weighted by Crippen LogP contribution is -2.08. The molecule has 12 heavy (non-hydrogen) atoms. The Morgan fingerprint density at radius 2 is 2.58 bits per heavy atom. The Labute approximate surface area is 79.1 Å². The van der Waals surface area contributed by atoms with E-state index in [0.29, 0.717) is 6.04 Å². The molecule has 1 aliphatic rings. The highest BCUT2D eigenvalue weighted by atomic mass is 32.2. The molecule has 2 heterocycles. The molecule has 3 nitrogen and oxygen atoms in total. The summed E-state index contributed by atoms with van der Waals surface area (Å²) in [6.07, 6.45) is 0.928. The van der Waals surface area contributed by atoms with E-state index in [-0.39, 0.29) is 0 Å². The molecule has 0 aliphatic carbocycles. The average molecular weight is 199 g/mol. The van der Waals surface area contributed by atoms with Crippen molar-refractivity contribution in [1.82, 2.24) is 4.98 Å². The fraction of sp³-hybridized carbons (Fsp3) is 0.429. The third-order valence-corrected chi connectivity index (χ3v) is 3.25. The number of hydrogen-bond acceptors (Lipinski definition) is 5. The van der Waals surface area contributed by atoms with E-state index in [1.807, 2.05) is 5.51 Å². The summed E-state index contributed by atoms with van der Waals surface area (Å²) in [4.78, 5) is 8.49. The number of rotatable bonds is 2. The quantitative estimate of drug-likeness (QED) is 0.776. The highest BCUT2D eigenvalue weighted by Gasteiger charge is 2.16. The molecule has 64 valence electrons. The van der Waals surface area contributed by atoms with Gasteiger partial charge in [0.1, 0.15) is 0 Å². The molecule has 0 bridgehead atoms. The third-order valence-electron chi connectivity index (χ3n) is 1.66. The van der Waals surface area contributed by atoms with Crippen LogP contribution in [0.1, 0.15) is 5.69 Å². The lowest BCUT2D eigenvalue weighted by Gasteiger charge is -2.00. The van der Waals surface area contributed by atoms with Crippen LogP contribution in [0.3, 0.4) is 0 Å². The van der Waals surface area contributed by atoms with Crippen LogP contribution in [0.15, 0.2) is 15.9 Å². The Balaban J connectivity index is 1.97. The zero-order chi connectivity index (χ0) is 8.39. The summed E-state index contributed by atoms with van der Waals surface area (Å²) in [7, 11) is 0. The van der Waals surface area contributed by atoms with Gasteiger partial charge in [0.25, 0.3) is 0 Å². The van der Waals surface area contributed by atoms with Gasteiger partial charge in [-0.2, -0.15) is 0 Å².